The van der Waals surface area contributed by atoms with Crippen LogP contribution in [0, 0.1) is 0 Å². The average Bonchev–Trinajstić information content (AvgIpc) is 2.61. The molecule has 3 nitrogen and oxygen atoms in total. The lowest BCUT2D eigenvalue weighted by Gasteiger charge is -2.25. The normalized spacial score (nSPS) is 10.0. The van der Waals surface area contributed by atoms with Gasteiger partial charge in [0.15, 0.2) is 12.0 Å². The monoisotopic (exact) mass is 289 g/mol. The molecule has 0 aliphatic heterocycles. The van der Waals surface area contributed by atoms with E-state index in [2.05, 4.69) is 0 Å². The molecule has 3 aromatic carbocycles. The number of hydrogen-bond acceptors (Lipinski definition) is 3. The lowest BCUT2D eigenvalue weighted by molar-refractivity contribution is 0.111. The third kappa shape index (κ3) is 2.99. The smallest absolute Gasteiger partial charge is 0.166 e. The van der Waals surface area contributed by atoms with Gasteiger partial charge >= 0.3 is 0 Å². The zero-order chi connectivity index (χ0) is 15.2. The van der Waals surface area contributed by atoms with Crippen molar-refractivity contribution >= 4 is 17.7 Å². The van der Waals surface area contributed by atoms with E-state index in [9.17, 15) is 4.79 Å². The summed E-state index contributed by atoms with van der Waals surface area (Å²) in [5, 5.41) is 1.71. The fourth-order valence-electron chi connectivity index (χ4n) is 2.14. The summed E-state index contributed by atoms with van der Waals surface area (Å²) in [7, 11) is 0. The summed E-state index contributed by atoms with van der Waals surface area (Å²) in [5.41, 5.74) is 2.28. The highest BCUT2D eigenvalue weighted by Crippen LogP contribution is 2.28. The van der Waals surface area contributed by atoms with Crippen LogP contribution in [0.5, 0.6) is 5.75 Å². The van der Waals surface area contributed by atoms with Crippen LogP contribution < -0.4 is 9.90 Å². The number of aldehydes is 1. The molecule has 0 saturated carbocycles. The Bertz CT molecular complexity index is 702. The van der Waals surface area contributed by atoms with Crippen LogP contribution in [-0.4, -0.2) is 6.29 Å². The largest absolute Gasteiger partial charge is 0.374 e. The van der Waals surface area contributed by atoms with Crippen molar-refractivity contribution in [3.8, 4) is 5.75 Å². The van der Waals surface area contributed by atoms with Crippen molar-refractivity contribution < 1.29 is 9.63 Å². The van der Waals surface area contributed by atoms with E-state index < -0.39 is 0 Å². The van der Waals surface area contributed by atoms with Crippen LogP contribution in [0.2, 0.25) is 0 Å². The number of nitrogens with zero attached hydrogens (tertiary/aromatic N) is 1. The summed E-state index contributed by atoms with van der Waals surface area (Å²) in [5.74, 6) is 0.519. The Hall–Kier alpha value is -3.07. The molecular weight excluding hydrogens is 274 g/mol. The maximum atomic E-state index is 11.2. The summed E-state index contributed by atoms with van der Waals surface area (Å²) in [6, 6.07) is 26.7. The highest BCUT2D eigenvalue weighted by molar-refractivity contribution is 5.79. The molecule has 0 aliphatic carbocycles. The van der Waals surface area contributed by atoms with Gasteiger partial charge in [-0.1, -0.05) is 48.5 Å². The first-order valence-electron chi connectivity index (χ1n) is 7.01. The quantitative estimate of drug-likeness (QED) is 0.506. The summed E-state index contributed by atoms with van der Waals surface area (Å²) in [6.45, 7) is 0. The lowest BCUT2D eigenvalue weighted by Crippen LogP contribution is -2.22. The van der Waals surface area contributed by atoms with E-state index in [4.69, 9.17) is 4.84 Å². The van der Waals surface area contributed by atoms with Gasteiger partial charge in [0.25, 0.3) is 0 Å². The molecule has 0 heterocycles. The standard InChI is InChI=1S/C19H15NO2/c21-15-16-9-7-8-14-19(16)22-20(17-10-3-1-4-11-17)18-12-5-2-6-13-18/h1-15H. The van der Waals surface area contributed by atoms with Crippen molar-refractivity contribution in [2.75, 3.05) is 5.06 Å². The Balaban J connectivity index is 2.01. The molecule has 3 aromatic rings. The van der Waals surface area contributed by atoms with Gasteiger partial charge < -0.3 is 4.84 Å². The van der Waals surface area contributed by atoms with Crippen molar-refractivity contribution in [3.05, 3.63) is 90.5 Å². The molecule has 0 fully saturated rings. The number of carbonyl (C=O) groups excluding carboxylic acids is 1. The number of rotatable bonds is 5. The second-order valence-corrected chi connectivity index (χ2v) is 4.71. The minimum absolute atomic E-state index is 0.513. The van der Waals surface area contributed by atoms with E-state index in [0.29, 0.717) is 11.3 Å². The first-order valence-corrected chi connectivity index (χ1v) is 7.01. The van der Waals surface area contributed by atoms with E-state index >= 15 is 0 Å². The van der Waals surface area contributed by atoms with Gasteiger partial charge in [-0.2, -0.15) is 5.06 Å². The van der Waals surface area contributed by atoms with Crippen LogP contribution in [0.25, 0.3) is 0 Å². The van der Waals surface area contributed by atoms with Gasteiger partial charge in [-0.15, -0.1) is 0 Å². The van der Waals surface area contributed by atoms with E-state index in [0.717, 1.165) is 17.7 Å². The van der Waals surface area contributed by atoms with Crippen molar-refractivity contribution in [1.82, 2.24) is 0 Å². The van der Waals surface area contributed by atoms with Gasteiger partial charge in [-0.25, -0.2) is 0 Å². The average molecular weight is 289 g/mol. The molecule has 0 bridgehead atoms. The Morgan fingerprint density at radius 3 is 1.73 bits per heavy atom. The third-order valence-corrected chi connectivity index (χ3v) is 3.22. The van der Waals surface area contributed by atoms with Crippen LogP contribution in [0.3, 0.4) is 0 Å². The van der Waals surface area contributed by atoms with Crippen LogP contribution in [-0.2, 0) is 0 Å². The van der Waals surface area contributed by atoms with Gasteiger partial charge in [0.05, 0.1) is 16.9 Å². The molecule has 0 amide bonds. The molecule has 22 heavy (non-hydrogen) atoms. The molecule has 3 rings (SSSR count). The SMILES string of the molecule is O=Cc1ccccc1ON(c1ccccc1)c1ccccc1. The lowest BCUT2D eigenvalue weighted by atomic mass is 10.2. The van der Waals surface area contributed by atoms with Crippen molar-refractivity contribution in [2.45, 2.75) is 0 Å². The summed E-state index contributed by atoms with van der Waals surface area (Å²) in [4.78, 5) is 17.2. The second kappa shape index (κ2) is 6.59. The number of para-hydroxylation sites is 3. The Labute approximate surface area is 129 Å². The molecule has 0 radical (unpaired) electrons. The van der Waals surface area contributed by atoms with Gasteiger partial charge in [-0.05, 0) is 36.4 Å². The van der Waals surface area contributed by atoms with Crippen LogP contribution in [0.4, 0.5) is 11.4 Å². The van der Waals surface area contributed by atoms with Crippen molar-refractivity contribution in [1.29, 1.82) is 0 Å². The fraction of sp³-hybridized carbons (Fsp3) is 0. The molecule has 3 heteroatoms. The van der Waals surface area contributed by atoms with E-state index in [1.807, 2.05) is 72.8 Å². The maximum absolute atomic E-state index is 11.2. The van der Waals surface area contributed by atoms with E-state index in [1.54, 1.807) is 17.2 Å². The predicted molar refractivity (Wildman–Crippen MR) is 87.5 cm³/mol. The molecule has 0 atom stereocenters. The zero-order valence-electron chi connectivity index (χ0n) is 11.9. The van der Waals surface area contributed by atoms with E-state index in [-0.39, 0.29) is 0 Å². The van der Waals surface area contributed by atoms with E-state index in [1.165, 1.54) is 0 Å². The summed E-state index contributed by atoms with van der Waals surface area (Å²) >= 11 is 0. The number of carbonyl (C=O) groups is 1. The Morgan fingerprint density at radius 1 is 0.682 bits per heavy atom. The van der Waals surface area contributed by atoms with Crippen LogP contribution in [0.15, 0.2) is 84.9 Å². The number of anilines is 2. The molecule has 0 saturated heterocycles. The van der Waals surface area contributed by atoms with Gasteiger partial charge in [0.2, 0.25) is 0 Å². The van der Waals surface area contributed by atoms with Gasteiger partial charge in [0, 0.05) is 0 Å². The first-order chi connectivity index (χ1) is 10.9. The first kappa shape index (κ1) is 13.9. The number of benzene rings is 3. The second-order valence-electron chi connectivity index (χ2n) is 4.71. The van der Waals surface area contributed by atoms with Crippen LogP contribution >= 0.6 is 0 Å². The summed E-state index contributed by atoms with van der Waals surface area (Å²) in [6.07, 6.45) is 0.795. The molecule has 0 spiro atoms. The van der Waals surface area contributed by atoms with Gasteiger partial charge in [-0.3, -0.25) is 4.79 Å². The molecular formula is C19H15NO2. The third-order valence-electron chi connectivity index (χ3n) is 3.22. The number of hydrogen-bond donors (Lipinski definition) is 0. The highest BCUT2D eigenvalue weighted by Gasteiger charge is 2.13. The molecule has 0 aliphatic rings. The zero-order valence-corrected chi connectivity index (χ0v) is 11.9. The van der Waals surface area contributed by atoms with Crippen LogP contribution in [0.1, 0.15) is 10.4 Å². The minimum Gasteiger partial charge on any atom is -0.374 e. The Kier molecular flexibility index (Phi) is 4.16. The Morgan fingerprint density at radius 2 is 1.18 bits per heavy atom. The van der Waals surface area contributed by atoms with Crippen molar-refractivity contribution in [2.24, 2.45) is 0 Å². The predicted octanol–water partition coefficient (Wildman–Crippen LogP) is 4.63. The van der Waals surface area contributed by atoms with Crippen molar-refractivity contribution in [3.63, 3.8) is 0 Å². The molecule has 108 valence electrons. The fourth-order valence-corrected chi connectivity index (χ4v) is 2.14. The van der Waals surface area contributed by atoms with Gasteiger partial charge in [0.1, 0.15) is 0 Å². The summed E-state index contributed by atoms with van der Waals surface area (Å²) < 4.78 is 0. The maximum Gasteiger partial charge on any atom is 0.166 e. The molecule has 0 unspecified atom stereocenters. The minimum atomic E-state index is 0.513. The molecule has 0 N–H and O–H groups in total. The topological polar surface area (TPSA) is 29.5 Å². The highest BCUT2D eigenvalue weighted by atomic mass is 16.7. The molecule has 0 aromatic heterocycles.